The van der Waals surface area contributed by atoms with Crippen molar-refractivity contribution in [2.24, 2.45) is 5.92 Å². The number of benzene rings is 1. The highest BCUT2D eigenvalue weighted by Crippen LogP contribution is 2.49. The van der Waals surface area contributed by atoms with Crippen LogP contribution >= 0.6 is 0 Å². The molecule has 1 saturated carbocycles. The molecule has 3 rings (SSSR count). The van der Waals surface area contributed by atoms with E-state index in [0.29, 0.717) is 17.9 Å². The summed E-state index contributed by atoms with van der Waals surface area (Å²) in [5, 5.41) is 0. The van der Waals surface area contributed by atoms with Gasteiger partial charge in [-0.1, -0.05) is 12.5 Å². The van der Waals surface area contributed by atoms with Gasteiger partial charge in [0.2, 0.25) is 0 Å². The first-order chi connectivity index (χ1) is 7.70. The standard InChI is InChI=1S/C13H14F2O/c14-11-4-3-9(12(15)7-11)6-10-2-1-5-13(10)8-16-13/h3-4,7,10H,1-2,5-6,8H2. The molecule has 2 atom stereocenters. The molecule has 1 nitrogen and oxygen atoms in total. The zero-order valence-corrected chi connectivity index (χ0v) is 9.01. The number of ether oxygens (including phenoxy) is 1. The minimum Gasteiger partial charge on any atom is -0.369 e. The SMILES string of the molecule is Fc1ccc(CC2CCCC23CO3)c(F)c1. The lowest BCUT2D eigenvalue weighted by molar-refractivity contribution is 0.244. The number of hydrogen-bond acceptors (Lipinski definition) is 1. The monoisotopic (exact) mass is 224 g/mol. The molecule has 0 radical (unpaired) electrons. The molecule has 0 amide bonds. The maximum atomic E-state index is 13.5. The Labute approximate surface area is 93.4 Å². The average molecular weight is 224 g/mol. The molecular formula is C13H14F2O. The van der Waals surface area contributed by atoms with Gasteiger partial charge < -0.3 is 4.74 Å². The molecule has 0 aromatic heterocycles. The van der Waals surface area contributed by atoms with Crippen LogP contribution in [0.25, 0.3) is 0 Å². The zero-order valence-electron chi connectivity index (χ0n) is 9.01. The predicted molar refractivity (Wildman–Crippen MR) is 56.1 cm³/mol. The van der Waals surface area contributed by atoms with E-state index in [4.69, 9.17) is 4.74 Å². The molecule has 1 heterocycles. The van der Waals surface area contributed by atoms with E-state index in [1.54, 1.807) is 6.07 Å². The summed E-state index contributed by atoms with van der Waals surface area (Å²) in [5.41, 5.74) is 0.657. The molecule has 1 aliphatic carbocycles. The van der Waals surface area contributed by atoms with Crippen molar-refractivity contribution >= 4 is 0 Å². The van der Waals surface area contributed by atoms with Gasteiger partial charge in [-0.2, -0.15) is 0 Å². The van der Waals surface area contributed by atoms with Gasteiger partial charge in [-0.3, -0.25) is 0 Å². The molecule has 2 unspecified atom stereocenters. The third-order valence-corrected chi connectivity index (χ3v) is 3.89. The van der Waals surface area contributed by atoms with E-state index >= 15 is 0 Å². The Morgan fingerprint density at radius 3 is 2.88 bits per heavy atom. The van der Waals surface area contributed by atoms with Crippen LogP contribution in [0.4, 0.5) is 8.78 Å². The summed E-state index contributed by atoms with van der Waals surface area (Å²) in [6.07, 6.45) is 4.02. The minimum absolute atomic E-state index is 0.0425. The topological polar surface area (TPSA) is 12.5 Å². The summed E-state index contributed by atoms with van der Waals surface area (Å²) < 4.78 is 31.8. The Kier molecular flexibility index (Phi) is 2.25. The summed E-state index contributed by atoms with van der Waals surface area (Å²) in [6, 6.07) is 3.84. The highest BCUT2D eigenvalue weighted by atomic mass is 19.1. The third kappa shape index (κ3) is 1.63. The van der Waals surface area contributed by atoms with E-state index in [0.717, 1.165) is 31.9 Å². The van der Waals surface area contributed by atoms with Crippen LogP contribution in [0, 0.1) is 17.6 Å². The molecule has 2 fully saturated rings. The summed E-state index contributed by atoms with van der Waals surface area (Å²) in [5.74, 6) is -0.528. The van der Waals surface area contributed by atoms with Gasteiger partial charge in [-0.15, -0.1) is 0 Å². The second kappa shape index (κ2) is 3.52. The van der Waals surface area contributed by atoms with Gasteiger partial charge in [-0.25, -0.2) is 8.78 Å². The van der Waals surface area contributed by atoms with Crippen LogP contribution in [0.1, 0.15) is 24.8 Å². The van der Waals surface area contributed by atoms with Crippen molar-refractivity contribution < 1.29 is 13.5 Å². The molecular weight excluding hydrogens is 210 g/mol. The van der Waals surface area contributed by atoms with Crippen LogP contribution in [0.3, 0.4) is 0 Å². The third-order valence-electron chi connectivity index (χ3n) is 3.89. The second-order valence-electron chi connectivity index (χ2n) is 4.88. The lowest BCUT2D eigenvalue weighted by Crippen LogP contribution is -2.20. The Morgan fingerprint density at radius 2 is 2.19 bits per heavy atom. The van der Waals surface area contributed by atoms with Crippen molar-refractivity contribution in [1.29, 1.82) is 0 Å². The lowest BCUT2D eigenvalue weighted by Gasteiger charge is -2.15. The fourth-order valence-electron chi connectivity index (χ4n) is 2.83. The largest absolute Gasteiger partial charge is 0.369 e. The van der Waals surface area contributed by atoms with Gasteiger partial charge >= 0.3 is 0 Å². The van der Waals surface area contributed by atoms with E-state index in [-0.39, 0.29) is 5.60 Å². The van der Waals surface area contributed by atoms with Crippen molar-refractivity contribution in [2.45, 2.75) is 31.3 Å². The van der Waals surface area contributed by atoms with Crippen LogP contribution in [-0.2, 0) is 11.2 Å². The van der Waals surface area contributed by atoms with Gasteiger partial charge in [0.25, 0.3) is 0 Å². The zero-order chi connectivity index (χ0) is 11.2. The highest BCUT2D eigenvalue weighted by molar-refractivity contribution is 5.21. The van der Waals surface area contributed by atoms with Crippen LogP contribution in [-0.4, -0.2) is 12.2 Å². The summed E-state index contributed by atoms with van der Waals surface area (Å²) in [4.78, 5) is 0. The quantitative estimate of drug-likeness (QED) is 0.703. The normalized spacial score (nSPS) is 32.2. The molecule has 1 aromatic carbocycles. The van der Waals surface area contributed by atoms with Gasteiger partial charge in [0.05, 0.1) is 12.2 Å². The molecule has 2 aliphatic rings. The summed E-state index contributed by atoms with van der Waals surface area (Å²) in [7, 11) is 0. The molecule has 1 spiro atoms. The molecule has 86 valence electrons. The van der Waals surface area contributed by atoms with Crippen molar-refractivity contribution in [3.05, 3.63) is 35.4 Å². The van der Waals surface area contributed by atoms with E-state index in [1.165, 1.54) is 6.07 Å². The Bertz CT molecular complexity index is 412. The van der Waals surface area contributed by atoms with E-state index < -0.39 is 11.6 Å². The molecule has 0 bridgehead atoms. The van der Waals surface area contributed by atoms with Crippen LogP contribution in [0.2, 0.25) is 0 Å². The molecule has 1 aromatic rings. The van der Waals surface area contributed by atoms with Crippen LogP contribution < -0.4 is 0 Å². The number of rotatable bonds is 2. The van der Waals surface area contributed by atoms with Crippen molar-refractivity contribution in [3.63, 3.8) is 0 Å². The highest BCUT2D eigenvalue weighted by Gasteiger charge is 2.53. The van der Waals surface area contributed by atoms with Gasteiger partial charge in [-0.05, 0) is 36.8 Å². The Morgan fingerprint density at radius 1 is 1.38 bits per heavy atom. The van der Waals surface area contributed by atoms with E-state index in [2.05, 4.69) is 0 Å². The van der Waals surface area contributed by atoms with Crippen molar-refractivity contribution in [2.75, 3.05) is 6.61 Å². The predicted octanol–water partition coefficient (Wildman–Crippen LogP) is 3.08. The molecule has 1 aliphatic heterocycles. The maximum absolute atomic E-state index is 13.5. The van der Waals surface area contributed by atoms with Crippen LogP contribution in [0.15, 0.2) is 18.2 Å². The number of halogens is 2. The molecule has 3 heteroatoms. The van der Waals surface area contributed by atoms with Gasteiger partial charge in [0.1, 0.15) is 11.6 Å². The first kappa shape index (κ1) is 10.2. The maximum Gasteiger partial charge on any atom is 0.129 e. The number of epoxide rings is 1. The molecule has 1 saturated heterocycles. The second-order valence-corrected chi connectivity index (χ2v) is 4.88. The summed E-state index contributed by atoms with van der Waals surface area (Å²) in [6.45, 7) is 0.820. The van der Waals surface area contributed by atoms with Crippen molar-refractivity contribution in [3.8, 4) is 0 Å². The fourth-order valence-corrected chi connectivity index (χ4v) is 2.83. The molecule has 16 heavy (non-hydrogen) atoms. The first-order valence-corrected chi connectivity index (χ1v) is 5.77. The van der Waals surface area contributed by atoms with Crippen LogP contribution in [0.5, 0.6) is 0 Å². The number of hydrogen-bond donors (Lipinski definition) is 0. The first-order valence-electron chi connectivity index (χ1n) is 5.77. The smallest absolute Gasteiger partial charge is 0.129 e. The fraction of sp³-hybridized carbons (Fsp3) is 0.538. The minimum atomic E-state index is -0.509. The van der Waals surface area contributed by atoms with Crippen molar-refractivity contribution in [1.82, 2.24) is 0 Å². The Balaban J connectivity index is 1.79. The Hall–Kier alpha value is -0.960. The van der Waals surface area contributed by atoms with Gasteiger partial charge in [0.15, 0.2) is 0 Å². The van der Waals surface area contributed by atoms with Gasteiger partial charge in [0, 0.05) is 6.07 Å². The summed E-state index contributed by atoms with van der Waals surface area (Å²) >= 11 is 0. The average Bonchev–Trinajstić information content (AvgIpc) is 2.89. The van der Waals surface area contributed by atoms with E-state index in [9.17, 15) is 8.78 Å². The van der Waals surface area contributed by atoms with E-state index in [1.807, 2.05) is 0 Å². The molecule has 0 N–H and O–H groups in total. The lowest BCUT2D eigenvalue weighted by atomic mass is 9.90.